The van der Waals surface area contributed by atoms with Gasteiger partial charge in [0.1, 0.15) is 5.75 Å². The second kappa shape index (κ2) is 7.63. The molecule has 0 aliphatic heterocycles. The van der Waals surface area contributed by atoms with Gasteiger partial charge >= 0.3 is 0 Å². The topological polar surface area (TPSA) is 81.5 Å². The van der Waals surface area contributed by atoms with E-state index in [2.05, 4.69) is 21.2 Å². The molecule has 0 radical (unpaired) electrons. The smallest absolute Gasteiger partial charge is 0.269 e. The molecule has 2 rings (SSSR count). The highest BCUT2D eigenvalue weighted by molar-refractivity contribution is 9.10. The van der Waals surface area contributed by atoms with Crippen molar-refractivity contribution in [1.82, 2.24) is 0 Å². The first kappa shape index (κ1) is 18.2. The van der Waals surface area contributed by atoms with E-state index in [4.69, 9.17) is 16.3 Å². The van der Waals surface area contributed by atoms with Crippen LogP contribution in [0.1, 0.15) is 12.5 Å². The molecule has 1 amide bonds. The number of nitrogens with one attached hydrogen (secondary N) is 1. The minimum Gasteiger partial charge on any atom is -0.480 e. The molecule has 1 N–H and O–H groups in total. The summed E-state index contributed by atoms with van der Waals surface area (Å²) in [5, 5.41) is 14.0. The number of benzene rings is 2. The molecule has 0 aliphatic rings. The number of nitro groups is 1. The molecule has 0 heterocycles. The minimum absolute atomic E-state index is 0.0279. The number of hydrogen-bond donors (Lipinski definition) is 1. The lowest BCUT2D eigenvalue weighted by molar-refractivity contribution is -0.384. The number of carbonyl (C=O) groups is 1. The predicted octanol–water partition coefficient (Wildman–Crippen LogP) is 4.73. The highest BCUT2D eigenvalue weighted by Gasteiger charge is 2.18. The summed E-state index contributed by atoms with van der Waals surface area (Å²) in [6, 6.07) is 9.22. The number of ether oxygens (including phenoxy) is 1. The van der Waals surface area contributed by atoms with Crippen LogP contribution in [0.2, 0.25) is 5.02 Å². The molecular formula is C16H14BrClN2O4. The van der Waals surface area contributed by atoms with Crippen LogP contribution in [0.15, 0.2) is 40.9 Å². The van der Waals surface area contributed by atoms with Crippen molar-refractivity contribution in [3.05, 3.63) is 61.6 Å². The third kappa shape index (κ3) is 4.46. The molecule has 0 saturated carbocycles. The molecule has 2 aromatic rings. The van der Waals surface area contributed by atoms with Crippen molar-refractivity contribution in [1.29, 1.82) is 0 Å². The fourth-order valence-corrected chi connectivity index (χ4v) is 2.73. The second-order valence-electron chi connectivity index (χ2n) is 5.08. The summed E-state index contributed by atoms with van der Waals surface area (Å²) >= 11 is 9.18. The summed E-state index contributed by atoms with van der Waals surface area (Å²) in [7, 11) is 0. The quantitative estimate of drug-likeness (QED) is 0.568. The number of carbonyl (C=O) groups excluding carboxylic acids is 1. The Balaban J connectivity index is 2.07. The van der Waals surface area contributed by atoms with Gasteiger partial charge in [0, 0.05) is 22.8 Å². The van der Waals surface area contributed by atoms with E-state index >= 15 is 0 Å². The summed E-state index contributed by atoms with van der Waals surface area (Å²) < 4.78 is 6.25. The van der Waals surface area contributed by atoms with Crippen molar-refractivity contribution in [2.75, 3.05) is 5.32 Å². The molecule has 0 fully saturated rings. The van der Waals surface area contributed by atoms with Crippen LogP contribution in [-0.4, -0.2) is 16.9 Å². The molecule has 126 valence electrons. The standard InChI is InChI=1S/C16H14BrClN2O4/c1-9-7-12(20(22)23)4-5-14(9)19-16(21)10(2)24-15-6-3-11(18)8-13(15)17/h3-8,10H,1-2H3,(H,19,21). The maximum atomic E-state index is 12.3. The fourth-order valence-electron chi connectivity index (χ4n) is 1.95. The third-order valence-electron chi connectivity index (χ3n) is 3.25. The lowest BCUT2D eigenvalue weighted by Crippen LogP contribution is -2.30. The van der Waals surface area contributed by atoms with Gasteiger partial charge in [-0.15, -0.1) is 0 Å². The van der Waals surface area contributed by atoms with Crippen LogP contribution in [-0.2, 0) is 4.79 Å². The monoisotopic (exact) mass is 412 g/mol. The number of nitrogens with zero attached hydrogens (tertiary/aromatic N) is 1. The van der Waals surface area contributed by atoms with Gasteiger partial charge < -0.3 is 10.1 Å². The molecule has 8 heteroatoms. The van der Waals surface area contributed by atoms with E-state index < -0.39 is 11.0 Å². The van der Waals surface area contributed by atoms with Crippen molar-refractivity contribution in [3.8, 4) is 5.75 Å². The first-order valence-corrected chi connectivity index (χ1v) is 8.12. The maximum Gasteiger partial charge on any atom is 0.269 e. The van der Waals surface area contributed by atoms with Gasteiger partial charge in [0.05, 0.1) is 9.40 Å². The van der Waals surface area contributed by atoms with E-state index in [1.807, 2.05) is 0 Å². The van der Waals surface area contributed by atoms with Crippen molar-refractivity contribution in [2.45, 2.75) is 20.0 Å². The normalized spacial score (nSPS) is 11.7. The van der Waals surface area contributed by atoms with Crippen molar-refractivity contribution >= 4 is 44.8 Å². The molecule has 0 saturated heterocycles. The van der Waals surface area contributed by atoms with E-state index in [1.165, 1.54) is 18.2 Å². The SMILES string of the molecule is Cc1cc([N+](=O)[O-])ccc1NC(=O)C(C)Oc1ccc(Cl)cc1Br. The number of amides is 1. The van der Waals surface area contributed by atoms with Gasteiger partial charge in [-0.1, -0.05) is 11.6 Å². The molecule has 0 aromatic heterocycles. The molecular weight excluding hydrogens is 400 g/mol. The second-order valence-corrected chi connectivity index (χ2v) is 6.37. The van der Waals surface area contributed by atoms with Gasteiger partial charge in [0.25, 0.3) is 11.6 Å². The molecule has 1 atom stereocenters. The van der Waals surface area contributed by atoms with Crippen LogP contribution in [0.3, 0.4) is 0 Å². The highest BCUT2D eigenvalue weighted by atomic mass is 79.9. The largest absolute Gasteiger partial charge is 0.480 e. The number of aryl methyl sites for hydroxylation is 1. The summed E-state index contributed by atoms with van der Waals surface area (Å²) in [5.74, 6) is 0.122. The molecule has 6 nitrogen and oxygen atoms in total. The maximum absolute atomic E-state index is 12.3. The Labute approximate surface area is 152 Å². The molecule has 0 bridgehead atoms. The lowest BCUT2D eigenvalue weighted by Gasteiger charge is -2.16. The summed E-state index contributed by atoms with van der Waals surface area (Å²) in [4.78, 5) is 22.5. The third-order valence-corrected chi connectivity index (χ3v) is 4.10. The molecule has 1 unspecified atom stereocenters. The first-order chi connectivity index (χ1) is 11.3. The summed E-state index contributed by atoms with van der Waals surface area (Å²) in [6.45, 7) is 3.29. The molecule has 0 aliphatic carbocycles. The summed E-state index contributed by atoms with van der Waals surface area (Å²) in [5.41, 5.74) is 1.06. The number of non-ortho nitro benzene ring substituents is 1. The van der Waals surface area contributed by atoms with E-state index in [0.29, 0.717) is 26.5 Å². The van der Waals surface area contributed by atoms with Crippen LogP contribution in [0.25, 0.3) is 0 Å². The van der Waals surface area contributed by atoms with E-state index in [1.54, 1.807) is 32.0 Å². The van der Waals surface area contributed by atoms with Crippen LogP contribution >= 0.6 is 27.5 Å². The predicted molar refractivity (Wildman–Crippen MR) is 95.7 cm³/mol. The fraction of sp³-hybridized carbons (Fsp3) is 0.188. The first-order valence-electron chi connectivity index (χ1n) is 6.95. The average molecular weight is 414 g/mol. The zero-order valence-electron chi connectivity index (χ0n) is 12.9. The van der Waals surface area contributed by atoms with Crippen LogP contribution in [0.5, 0.6) is 5.75 Å². The number of hydrogen-bond acceptors (Lipinski definition) is 4. The van der Waals surface area contributed by atoms with Crippen molar-refractivity contribution in [3.63, 3.8) is 0 Å². The lowest BCUT2D eigenvalue weighted by atomic mass is 10.1. The average Bonchev–Trinajstić information content (AvgIpc) is 2.51. The van der Waals surface area contributed by atoms with E-state index in [0.717, 1.165) is 0 Å². The zero-order valence-corrected chi connectivity index (χ0v) is 15.2. The number of rotatable bonds is 5. The van der Waals surface area contributed by atoms with Gasteiger partial charge in [-0.05, 0) is 59.6 Å². The Kier molecular flexibility index (Phi) is 5.80. The van der Waals surface area contributed by atoms with Gasteiger partial charge in [-0.3, -0.25) is 14.9 Å². The molecule has 0 spiro atoms. The highest BCUT2D eigenvalue weighted by Crippen LogP contribution is 2.29. The minimum atomic E-state index is -0.767. The molecule has 24 heavy (non-hydrogen) atoms. The van der Waals surface area contributed by atoms with Crippen LogP contribution < -0.4 is 10.1 Å². The molecule has 2 aromatic carbocycles. The van der Waals surface area contributed by atoms with Crippen LogP contribution in [0, 0.1) is 17.0 Å². The van der Waals surface area contributed by atoms with Crippen LogP contribution in [0.4, 0.5) is 11.4 Å². The number of halogens is 2. The number of nitro benzene ring substituents is 1. The Morgan fingerprint density at radius 1 is 1.33 bits per heavy atom. The Morgan fingerprint density at radius 2 is 2.04 bits per heavy atom. The Morgan fingerprint density at radius 3 is 2.62 bits per heavy atom. The Hall–Kier alpha value is -2.12. The van der Waals surface area contributed by atoms with Gasteiger partial charge in [-0.25, -0.2) is 0 Å². The van der Waals surface area contributed by atoms with Crippen molar-refractivity contribution < 1.29 is 14.5 Å². The van der Waals surface area contributed by atoms with E-state index in [9.17, 15) is 14.9 Å². The number of anilines is 1. The van der Waals surface area contributed by atoms with Crippen molar-refractivity contribution in [2.24, 2.45) is 0 Å². The zero-order chi connectivity index (χ0) is 17.9. The van der Waals surface area contributed by atoms with Gasteiger partial charge in [-0.2, -0.15) is 0 Å². The van der Waals surface area contributed by atoms with Gasteiger partial charge in [0.2, 0.25) is 0 Å². The van der Waals surface area contributed by atoms with E-state index in [-0.39, 0.29) is 11.6 Å². The summed E-state index contributed by atoms with van der Waals surface area (Å²) in [6.07, 6.45) is -0.767. The van der Waals surface area contributed by atoms with Gasteiger partial charge in [0.15, 0.2) is 6.10 Å². The Bertz CT molecular complexity index is 798.